The molecule has 3 saturated heterocycles. The van der Waals surface area contributed by atoms with Crippen molar-refractivity contribution in [2.24, 2.45) is 23.7 Å². The molecule has 3 fully saturated rings. The minimum atomic E-state index is -2.12. The number of methoxy groups -OCH3 is 2. The van der Waals surface area contributed by atoms with Crippen molar-refractivity contribution in [1.29, 1.82) is 0 Å². The predicted octanol–water partition coefficient (Wildman–Crippen LogP) is -4.10. The van der Waals surface area contributed by atoms with Crippen LogP contribution in [0, 0.1) is 23.7 Å². The quantitative estimate of drug-likeness (QED) is 0.0318. The van der Waals surface area contributed by atoms with Gasteiger partial charge in [0.2, 0.25) is 23.6 Å². The lowest BCUT2D eigenvalue weighted by Gasteiger charge is -2.46. The maximum Gasteiger partial charge on any atom is 0.326 e. The molecule has 0 saturated carbocycles. The van der Waals surface area contributed by atoms with Crippen molar-refractivity contribution in [2.45, 2.75) is 209 Å². The number of carbonyl (C=O) groups is 5. The Hall–Kier alpha value is -4.15. The fourth-order valence-corrected chi connectivity index (χ4v) is 11.7. The molecule has 488 valence electrons. The molecular weight excluding hydrogens is 1120 g/mol. The molecule has 4 rings (SSSR count). The van der Waals surface area contributed by atoms with Gasteiger partial charge in [0, 0.05) is 40.8 Å². The fraction of sp³-hybridized carbons (Fsp3) is 0.807. The molecule has 0 bridgehead atoms. The van der Waals surface area contributed by atoms with E-state index in [0.29, 0.717) is 25.8 Å². The average Bonchev–Trinajstić information content (AvgIpc) is 4.15. The van der Waals surface area contributed by atoms with Crippen LogP contribution >= 0.6 is 0 Å². The minimum Gasteiger partial charge on any atom is -0.480 e. The third-order valence-corrected chi connectivity index (χ3v) is 16.8. The summed E-state index contributed by atoms with van der Waals surface area (Å²) in [5, 5.41) is 132. The topological polar surface area (TPSA) is 417 Å². The van der Waals surface area contributed by atoms with Gasteiger partial charge in [-0.1, -0.05) is 85.2 Å². The van der Waals surface area contributed by atoms with Gasteiger partial charge in [0.15, 0.2) is 12.6 Å². The molecule has 85 heavy (non-hydrogen) atoms. The largest absolute Gasteiger partial charge is 0.480 e. The summed E-state index contributed by atoms with van der Waals surface area (Å²) in [7, 11) is 5.90. The standard InChI is InChI=1S/C57H97N5O23/c1-12-29(6)42(36(80-10)22-39(68)62-20-16-19-33(62)49(81-11)30(7)52(75)58-32(55(78)79)21-31-17-14-13-15-18-31)61(9)54(77)40(27(2)3)59-53(76)41(28(4)5)60(8)23-34(66)43(69)50(35(67)24-63)84-57-48(74)46(72)51(38(26-65)83-57)85-56-47(73)45(71)44(70)37(25-64)82-56/h13-15,17-18,27-30,32-38,40-51,56-57,63-67,69-74H,12,16,19-26H2,1-11H3,(H,58,75)(H,59,76)(H,78,79). The molecular formula is C57H97N5O23. The number of amides is 4. The summed E-state index contributed by atoms with van der Waals surface area (Å²) in [5.41, 5.74) is 0.725. The molecule has 0 aromatic heterocycles. The highest BCUT2D eigenvalue weighted by molar-refractivity contribution is 5.90. The molecule has 28 nitrogen and oxygen atoms in total. The molecule has 23 unspecified atom stereocenters. The average molecular weight is 1220 g/mol. The zero-order valence-corrected chi connectivity index (χ0v) is 50.6. The van der Waals surface area contributed by atoms with Gasteiger partial charge in [-0.15, -0.1) is 0 Å². The smallest absolute Gasteiger partial charge is 0.326 e. The number of rotatable bonds is 33. The first kappa shape index (κ1) is 73.3. The Bertz CT molecular complexity index is 2220. The maximum absolute atomic E-state index is 14.8. The first-order valence-corrected chi connectivity index (χ1v) is 29.1. The van der Waals surface area contributed by atoms with Crippen LogP contribution in [-0.4, -0.2) is 295 Å². The Kier molecular flexibility index (Phi) is 29.3. The number of aliphatic carboxylic acids is 1. The van der Waals surface area contributed by atoms with Gasteiger partial charge in [-0.25, -0.2) is 4.79 Å². The molecule has 0 radical (unpaired) electrons. The van der Waals surface area contributed by atoms with E-state index in [0.717, 1.165) is 5.56 Å². The summed E-state index contributed by atoms with van der Waals surface area (Å²) in [6.07, 6.45) is -26.4. The Morgan fingerprint density at radius 1 is 0.765 bits per heavy atom. The SMILES string of the molecule is CCC(C)C(C(CC(=O)N1CCCC1C(OC)C(C)C(=O)NC(Cc1ccccc1)C(=O)O)OC)N(C)C(=O)C(NC(=O)C(C(C)C)N(C)CC(O)C(O)C(OC1OC(CO)C(OC2OC(CO)C(O)C(O)C2O)C(O)C1O)C(O)CO)C(C)C. The van der Waals surface area contributed by atoms with Crippen molar-refractivity contribution in [1.82, 2.24) is 25.3 Å². The Labute approximate surface area is 496 Å². The summed E-state index contributed by atoms with van der Waals surface area (Å²) < 4.78 is 34.2. The lowest BCUT2D eigenvalue weighted by Crippen LogP contribution is -2.65. The zero-order chi connectivity index (χ0) is 63.9. The minimum absolute atomic E-state index is 0.0593. The van der Waals surface area contributed by atoms with E-state index in [9.17, 15) is 85.3 Å². The summed E-state index contributed by atoms with van der Waals surface area (Å²) in [6.45, 7) is 9.37. The van der Waals surface area contributed by atoms with Gasteiger partial charge in [0.1, 0.15) is 79.2 Å². The highest BCUT2D eigenvalue weighted by atomic mass is 16.7. The molecule has 0 aliphatic carbocycles. The highest BCUT2D eigenvalue weighted by Crippen LogP contribution is 2.33. The van der Waals surface area contributed by atoms with E-state index in [4.69, 9.17) is 28.4 Å². The Morgan fingerprint density at radius 2 is 1.38 bits per heavy atom. The summed E-state index contributed by atoms with van der Waals surface area (Å²) >= 11 is 0. The molecule has 28 heteroatoms. The number of likely N-dealkylation sites (tertiary alicyclic amines) is 1. The number of hydrogen-bond donors (Lipinski definition) is 14. The van der Waals surface area contributed by atoms with Gasteiger partial charge in [0.25, 0.3) is 0 Å². The number of nitrogens with one attached hydrogen (secondary N) is 2. The van der Waals surface area contributed by atoms with E-state index in [1.54, 1.807) is 76.9 Å². The lowest BCUT2D eigenvalue weighted by atomic mass is 9.89. The molecule has 0 spiro atoms. The number of likely N-dealkylation sites (N-methyl/N-ethyl adjacent to an activating group) is 2. The number of benzene rings is 1. The number of aliphatic hydroxyl groups is 11. The third-order valence-electron chi connectivity index (χ3n) is 16.8. The molecule has 1 aromatic carbocycles. The Morgan fingerprint density at radius 3 is 1.92 bits per heavy atom. The van der Waals surface area contributed by atoms with Crippen LogP contribution in [0.5, 0.6) is 0 Å². The van der Waals surface area contributed by atoms with Crippen LogP contribution in [-0.2, 0) is 58.8 Å². The number of aliphatic hydroxyl groups excluding tert-OH is 11. The Balaban J connectivity index is 1.46. The zero-order valence-electron chi connectivity index (χ0n) is 50.6. The molecule has 3 aliphatic heterocycles. The van der Waals surface area contributed by atoms with E-state index < -0.39 is 196 Å². The van der Waals surface area contributed by atoms with Crippen LogP contribution in [0.15, 0.2) is 30.3 Å². The molecule has 1 aromatic rings. The van der Waals surface area contributed by atoms with Crippen molar-refractivity contribution >= 4 is 29.6 Å². The van der Waals surface area contributed by atoms with Crippen molar-refractivity contribution in [3.63, 3.8) is 0 Å². The van der Waals surface area contributed by atoms with Gasteiger partial charge < -0.3 is 110 Å². The second kappa shape index (κ2) is 34.0. The van der Waals surface area contributed by atoms with Crippen molar-refractivity contribution in [3.05, 3.63) is 35.9 Å². The number of nitrogens with zero attached hydrogens (tertiary/aromatic N) is 3. The van der Waals surface area contributed by atoms with E-state index in [2.05, 4.69) is 10.6 Å². The van der Waals surface area contributed by atoms with Crippen molar-refractivity contribution in [3.8, 4) is 0 Å². The second-order valence-electron chi connectivity index (χ2n) is 23.5. The van der Waals surface area contributed by atoms with Gasteiger partial charge >= 0.3 is 5.97 Å². The van der Waals surface area contributed by atoms with Crippen LogP contribution < -0.4 is 10.6 Å². The first-order chi connectivity index (χ1) is 40.0. The number of carboxylic acid groups (broad SMARTS) is 1. The lowest BCUT2D eigenvalue weighted by molar-refractivity contribution is -0.367. The van der Waals surface area contributed by atoms with Crippen LogP contribution in [0.3, 0.4) is 0 Å². The number of hydrogen-bond acceptors (Lipinski definition) is 23. The third kappa shape index (κ3) is 18.5. The highest BCUT2D eigenvalue weighted by Gasteiger charge is 2.53. The molecule has 3 heterocycles. The van der Waals surface area contributed by atoms with Crippen LogP contribution in [0.2, 0.25) is 0 Å². The first-order valence-electron chi connectivity index (χ1n) is 29.1. The summed E-state index contributed by atoms with van der Waals surface area (Å²) in [6, 6.07) is 4.19. The molecule has 23 atom stereocenters. The normalized spacial score (nSPS) is 29.0. The van der Waals surface area contributed by atoms with Gasteiger partial charge in [-0.05, 0) is 43.2 Å². The number of carbonyl (C=O) groups excluding carboxylic acids is 4. The van der Waals surface area contributed by atoms with Crippen molar-refractivity contribution in [2.75, 3.05) is 61.2 Å². The molecule has 3 aliphatic rings. The fourth-order valence-electron chi connectivity index (χ4n) is 11.7. The van der Waals surface area contributed by atoms with E-state index in [-0.39, 0.29) is 24.7 Å². The van der Waals surface area contributed by atoms with Crippen molar-refractivity contribution < 1.29 is 114 Å². The molecule has 14 N–H and O–H groups in total. The van der Waals surface area contributed by atoms with Crippen LogP contribution in [0.4, 0.5) is 0 Å². The van der Waals surface area contributed by atoms with E-state index in [1.807, 2.05) is 13.8 Å². The molecule has 4 amide bonds. The monoisotopic (exact) mass is 1220 g/mol. The number of ether oxygens (including phenoxy) is 6. The van der Waals surface area contributed by atoms with Crippen LogP contribution in [0.1, 0.15) is 79.7 Å². The maximum atomic E-state index is 14.8. The van der Waals surface area contributed by atoms with E-state index in [1.165, 1.54) is 31.1 Å². The summed E-state index contributed by atoms with van der Waals surface area (Å²) in [4.78, 5) is 74.2. The summed E-state index contributed by atoms with van der Waals surface area (Å²) in [5.74, 6) is -5.33. The van der Waals surface area contributed by atoms with Gasteiger partial charge in [-0.3, -0.25) is 24.1 Å². The van der Waals surface area contributed by atoms with Gasteiger partial charge in [0.05, 0.1) is 68.6 Å². The van der Waals surface area contributed by atoms with E-state index >= 15 is 0 Å². The number of carboxylic acids is 1. The van der Waals surface area contributed by atoms with Gasteiger partial charge in [-0.2, -0.15) is 0 Å². The van der Waals surface area contributed by atoms with Crippen LogP contribution in [0.25, 0.3) is 0 Å². The second-order valence-corrected chi connectivity index (χ2v) is 23.5. The predicted molar refractivity (Wildman–Crippen MR) is 300 cm³/mol.